The molecule has 23 heavy (non-hydrogen) atoms. The molecule has 1 aromatic rings. The van der Waals surface area contributed by atoms with Crippen molar-refractivity contribution in [3.8, 4) is 5.75 Å². The van der Waals surface area contributed by atoms with Crippen LogP contribution in [0.3, 0.4) is 0 Å². The van der Waals surface area contributed by atoms with Gasteiger partial charge in [-0.2, -0.15) is 0 Å². The minimum absolute atomic E-state index is 0.0144. The van der Waals surface area contributed by atoms with Crippen molar-refractivity contribution in [2.75, 3.05) is 13.7 Å². The van der Waals surface area contributed by atoms with Gasteiger partial charge in [-0.15, -0.1) is 0 Å². The smallest absolute Gasteiger partial charge is 0.410 e. The Morgan fingerprint density at radius 2 is 2.04 bits per heavy atom. The van der Waals surface area contributed by atoms with E-state index in [4.69, 9.17) is 9.47 Å². The van der Waals surface area contributed by atoms with Crippen molar-refractivity contribution in [1.29, 1.82) is 0 Å². The van der Waals surface area contributed by atoms with Crippen LogP contribution in [-0.4, -0.2) is 30.8 Å². The molecule has 1 aromatic carbocycles. The Morgan fingerprint density at radius 1 is 1.39 bits per heavy atom. The summed E-state index contributed by atoms with van der Waals surface area (Å²) in [4.78, 5) is 13.8. The van der Waals surface area contributed by atoms with E-state index in [2.05, 4.69) is 56.6 Å². The lowest BCUT2D eigenvalue weighted by Gasteiger charge is -2.27. The van der Waals surface area contributed by atoms with E-state index in [1.54, 1.807) is 12.0 Å². The molecule has 1 saturated heterocycles. The number of cyclic esters (lactones) is 1. The molecular weight excluding hydrogens is 358 g/mol. The number of hydrogen-bond acceptors (Lipinski definition) is 3. The molecule has 1 aliphatic rings. The second-order valence-corrected chi connectivity index (χ2v) is 8.26. The van der Waals surface area contributed by atoms with Gasteiger partial charge in [0, 0.05) is 10.0 Å². The molecule has 4 nitrogen and oxygen atoms in total. The first-order valence-corrected chi connectivity index (χ1v) is 8.74. The molecule has 2 rings (SSSR count). The van der Waals surface area contributed by atoms with Gasteiger partial charge in [-0.25, -0.2) is 4.79 Å². The lowest BCUT2D eigenvalue weighted by molar-refractivity contribution is 0.154. The summed E-state index contributed by atoms with van der Waals surface area (Å²) in [5.41, 5.74) is 2.15. The van der Waals surface area contributed by atoms with E-state index >= 15 is 0 Å². The van der Waals surface area contributed by atoms with Gasteiger partial charge < -0.3 is 9.47 Å². The van der Waals surface area contributed by atoms with Gasteiger partial charge in [0.1, 0.15) is 12.4 Å². The van der Waals surface area contributed by atoms with Crippen LogP contribution in [0.2, 0.25) is 0 Å². The molecule has 0 spiro atoms. The third-order valence-corrected chi connectivity index (χ3v) is 5.04. The largest absolute Gasteiger partial charge is 0.496 e. The van der Waals surface area contributed by atoms with Crippen molar-refractivity contribution in [2.45, 2.75) is 52.6 Å². The first-order valence-electron chi connectivity index (χ1n) is 7.95. The van der Waals surface area contributed by atoms with Crippen LogP contribution in [0.25, 0.3) is 0 Å². The molecule has 0 saturated carbocycles. The Bertz CT molecular complexity index is 593. The van der Waals surface area contributed by atoms with Crippen molar-refractivity contribution < 1.29 is 14.3 Å². The number of ether oxygens (including phenoxy) is 2. The summed E-state index contributed by atoms with van der Waals surface area (Å²) in [6.07, 6.45) is -0.241. The zero-order valence-electron chi connectivity index (χ0n) is 14.8. The molecular formula is C18H26BrNO3. The molecule has 5 heteroatoms. The van der Waals surface area contributed by atoms with E-state index in [1.807, 2.05) is 6.07 Å². The molecule has 1 atom stereocenters. The molecule has 0 unspecified atom stereocenters. The highest BCUT2D eigenvalue weighted by atomic mass is 79.9. The average Bonchev–Trinajstić information content (AvgIpc) is 2.81. The number of carbonyl (C=O) groups excluding carboxylic acids is 1. The number of amides is 1. The van der Waals surface area contributed by atoms with Crippen LogP contribution in [-0.2, 0) is 16.7 Å². The fourth-order valence-corrected chi connectivity index (χ4v) is 3.32. The molecule has 128 valence electrons. The van der Waals surface area contributed by atoms with Gasteiger partial charge in [0.05, 0.1) is 19.7 Å². The second kappa shape index (κ2) is 6.71. The molecule has 0 radical (unpaired) electrons. The number of halogens is 1. The summed E-state index contributed by atoms with van der Waals surface area (Å²) in [5.74, 6) is 1.21. The van der Waals surface area contributed by atoms with Crippen LogP contribution in [0.1, 0.15) is 45.7 Å². The number of methoxy groups -OCH3 is 1. The highest BCUT2D eigenvalue weighted by Gasteiger charge is 2.35. The molecule has 0 aliphatic carbocycles. The van der Waals surface area contributed by atoms with E-state index in [0.29, 0.717) is 19.1 Å². The third kappa shape index (κ3) is 3.82. The lowest BCUT2D eigenvalue weighted by Crippen LogP contribution is -2.36. The standard InChI is InChI=1S/C18H26BrNO3/c1-11(2)15-10-23-17(21)20(15)9-12-7-16(22-6)13(8-14(12)19)18(3,4)5/h7-8,11,15H,9-10H2,1-6H3/t15-/m1/s1. The predicted octanol–water partition coefficient (Wildman–Crippen LogP) is 4.73. The summed E-state index contributed by atoms with van der Waals surface area (Å²) in [6.45, 7) is 11.7. The van der Waals surface area contributed by atoms with Crippen LogP contribution in [0.15, 0.2) is 16.6 Å². The van der Waals surface area contributed by atoms with Crippen LogP contribution < -0.4 is 4.74 Å². The van der Waals surface area contributed by atoms with Gasteiger partial charge in [0.15, 0.2) is 0 Å². The van der Waals surface area contributed by atoms with Gasteiger partial charge in [-0.1, -0.05) is 50.5 Å². The van der Waals surface area contributed by atoms with Gasteiger partial charge in [0.2, 0.25) is 0 Å². The fourth-order valence-electron chi connectivity index (χ4n) is 2.85. The molecule has 1 heterocycles. The molecule has 1 fully saturated rings. The van der Waals surface area contributed by atoms with Crippen molar-refractivity contribution >= 4 is 22.0 Å². The number of nitrogens with zero attached hydrogens (tertiary/aromatic N) is 1. The highest BCUT2D eigenvalue weighted by molar-refractivity contribution is 9.10. The molecule has 1 amide bonds. The second-order valence-electron chi connectivity index (χ2n) is 7.41. The van der Waals surface area contributed by atoms with Crippen LogP contribution in [0, 0.1) is 5.92 Å². The summed E-state index contributed by atoms with van der Waals surface area (Å²) >= 11 is 3.65. The number of benzene rings is 1. The van der Waals surface area contributed by atoms with Gasteiger partial charge in [0.25, 0.3) is 0 Å². The van der Waals surface area contributed by atoms with E-state index in [-0.39, 0.29) is 17.6 Å². The summed E-state index contributed by atoms with van der Waals surface area (Å²) < 4.78 is 11.8. The molecule has 0 aromatic heterocycles. The minimum atomic E-state index is -0.241. The van der Waals surface area contributed by atoms with Crippen molar-refractivity contribution in [2.24, 2.45) is 5.92 Å². The average molecular weight is 384 g/mol. The first kappa shape index (κ1) is 18.1. The zero-order chi connectivity index (χ0) is 17.4. The molecule has 0 N–H and O–H groups in total. The fraction of sp³-hybridized carbons (Fsp3) is 0.611. The Labute approximate surface area is 147 Å². The van der Waals surface area contributed by atoms with Crippen molar-refractivity contribution in [3.05, 3.63) is 27.7 Å². The maximum Gasteiger partial charge on any atom is 0.410 e. The number of carbonyl (C=O) groups is 1. The third-order valence-electron chi connectivity index (χ3n) is 4.30. The van der Waals surface area contributed by atoms with Gasteiger partial charge in [-0.05, 0) is 29.0 Å². The van der Waals surface area contributed by atoms with Crippen LogP contribution >= 0.6 is 15.9 Å². The first-order chi connectivity index (χ1) is 10.6. The zero-order valence-corrected chi connectivity index (χ0v) is 16.4. The Balaban J connectivity index is 2.35. The van der Waals surface area contributed by atoms with Crippen LogP contribution in [0.4, 0.5) is 4.79 Å². The van der Waals surface area contributed by atoms with Gasteiger partial charge in [-0.3, -0.25) is 4.90 Å². The Kier molecular flexibility index (Phi) is 5.29. The summed E-state index contributed by atoms with van der Waals surface area (Å²) in [6, 6.07) is 4.23. The predicted molar refractivity (Wildman–Crippen MR) is 94.9 cm³/mol. The monoisotopic (exact) mass is 383 g/mol. The van der Waals surface area contributed by atoms with E-state index in [9.17, 15) is 4.79 Å². The van der Waals surface area contributed by atoms with Crippen molar-refractivity contribution in [3.63, 3.8) is 0 Å². The maximum atomic E-state index is 12.0. The quantitative estimate of drug-likeness (QED) is 0.753. The topological polar surface area (TPSA) is 38.8 Å². The SMILES string of the molecule is COc1cc(CN2C(=O)OC[C@@H]2C(C)C)c(Br)cc1C(C)(C)C. The number of rotatable bonds is 4. The van der Waals surface area contributed by atoms with E-state index < -0.39 is 0 Å². The highest BCUT2D eigenvalue weighted by Crippen LogP contribution is 2.36. The van der Waals surface area contributed by atoms with Crippen LogP contribution in [0.5, 0.6) is 5.75 Å². The van der Waals surface area contributed by atoms with Gasteiger partial charge >= 0.3 is 6.09 Å². The molecule has 0 bridgehead atoms. The summed E-state index contributed by atoms with van der Waals surface area (Å²) in [7, 11) is 1.68. The van der Waals surface area contributed by atoms with Crippen molar-refractivity contribution in [1.82, 2.24) is 4.90 Å². The minimum Gasteiger partial charge on any atom is -0.496 e. The summed E-state index contributed by atoms with van der Waals surface area (Å²) in [5, 5.41) is 0. The normalized spacial score (nSPS) is 18.5. The van der Waals surface area contributed by atoms with E-state index in [0.717, 1.165) is 21.3 Å². The Hall–Kier alpha value is -1.23. The molecule has 1 aliphatic heterocycles. The maximum absolute atomic E-state index is 12.0. The Morgan fingerprint density at radius 3 is 2.57 bits per heavy atom. The lowest BCUT2D eigenvalue weighted by atomic mass is 9.85. The van der Waals surface area contributed by atoms with E-state index in [1.165, 1.54) is 0 Å². The number of hydrogen-bond donors (Lipinski definition) is 0.